The fraction of sp³-hybridized carbons (Fsp3) is 0.306. The second-order valence-electron chi connectivity index (χ2n) is 11.7. The molecule has 1 aliphatic rings. The van der Waals surface area contributed by atoms with Crippen molar-refractivity contribution in [3.63, 3.8) is 0 Å². The van der Waals surface area contributed by atoms with E-state index < -0.39 is 0 Å². The Labute approximate surface area is 264 Å². The van der Waals surface area contributed by atoms with Gasteiger partial charge >= 0.3 is 0 Å². The van der Waals surface area contributed by atoms with Crippen LogP contribution >= 0.6 is 0 Å². The molecule has 2 heterocycles. The topological polar surface area (TPSA) is 104 Å². The fourth-order valence-corrected chi connectivity index (χ4v) is 5.40. The first-order valence-electron chi connectivity index (χ1n) is 15.2. The number of carbonyl (C=O) groups is 2. The third-order valence-electron chi connectivity index (χ3n) is 7.96. The summed E-state index contributed by atoms with van der Waals surface area (Å²) in [5, 5.41) is 12.9. The van der Waals surface area contributed by atoms with Crippen molar-refractivity contribution in [1.82, 2.24) is 14.8 Å². The van der Waals surface area contributed by atoms with Gasteiger partial charge in [-0.1, -0.05) is 37.3 Å². The van der Waals surface area contributed by atoms with Gasteiger partial charge in [0, 0.05) is 54.8 Å². The minimum absolute atomic E-state index is 0.0240. The monoisotopic (exact) mass is 608 g/mol. The molecule has 1 aromatic heterocycles. The molecule has 0 saturated heterocycles. The zero-order valence-electron chi connectivity index (χ0n) is 25.9. The summed E-state index contributed by atoms with van der Waals surface area (Å²) >= 11 is 0. The van der Waals surface area contributed by atoms with Crippen LogP contribution in [0.25, 0.3) is 0 Å². The molecule has 0 bridgehead atoms. The molecular weight excluding hydrogens is 568 g/mol. The maximum absolute atomic E-state index is 13.5. The number of likely N-dealkylation sites (N-methyl/N-ethyl adjacent to an activating group) is 1. The minimum atomic E-state index is -0.342. The SMILES string of the molecule is C[C@@H]1CN([C@@H](C)CO)C(=O)Cc2cc(NC(=O)c3ccncc3)ccc2O[C@@H]1CN(C)Cc1ccc(Oc2ccccc2)cc1. The van der Waals surface area contributed by atoms with Gasteiger partial charge in [0.05, 0.1) is 19.1 Å². The van der Waals surface area contributed by atoms with Crippen molar-refractivity contribution in [3.8, 4) is 17.2 Å². The van der Waals surface area contributed by atoms with Crippen LogP contribution < -0.4 is 14.8 Å². The highest BCUT2D eigenvalue weighted by Gasteiger charge is 2.31. The smallest absolute Gasteiger partial charge is 0.255 e. The minimum Gasteiger partial charge on any atom is -0.488 e. The average Bonchev–Trinajstić information content (AvgIpc) is 3.09. The first-order chi connectivity index (χ1) is 21.8. The van der Waals surface area contributed by atoms with Gasteiger partial charge in [-0.25, -0.2) is 0 Å². The molecule has 0 saturated carbocycles. The number of nitrogens with one attached hydrogen (secondary N) is 1. The van der Waals surface area contributed by atoms with Gasteiger partial charge in [-0.3, -0.25) is 19.5 Å². The summed E-state index contributed by atoms with van der Waals surface area (Å²) in [7, 11) is 2.05. The number of amides is 2. The largest absolute Gasteiger partial charge is 0.488 e. The number of aromatic nitrogens is 1. The summed E-state index contributed by atoms with van der Waals surface area (Å²) in [4.78, 5) is 34.2. The Morgan fingerprint density at radius 1 is 1.07 bits per heavy atom. The van der Waals surface area contributed by atoms with Gasteiger partial charge in [-0.2, -0.15) is 0 Å². The van der Waals surface area contributed by atoms with Gasteiger partial charge in [0.15, 0.2) is 0 Å². The maximum atomic E-state index is 13.5. The Morgan fingerprint density at radius 3 is 2.49 bits per heavy atom. The van der Waals surface area contributed by atoms with Crippen LogP contribution in [-0.2, 0) is 17.8 Å². The highest BCUT2D eigenvalue weighted by molar-refractivity contribution is 6.04. The zero-order chi connectivity index (χ0) is 31.8. The summed E-state index contributed by atoms with van der Waals surface area (Å²) in [6.45, 7) is 5.54. The predicted molar refractivity (Wildman–Crippen MR) is 173 cm³/mol. The van der Waals surface area contributed by atoms with Crippen molar-refractivity contribution >= 4 is 17.5 Å². The first kappa shape index (κ1) is 31.7. The van der Waals surface area contributed by atoms with Crippen LogP contribution in [0.5, 0.6) is 17.2 Å². The molecular formula is C36H40N4O5. The molecule has 9 heteroatoms. The Hall–Kier alpha value is -4.73. The molecule has 1 aliphatic heterocycles. The number of carbonyl (C=O) groups excluding carboxylic acids is 2. The van der Waals surface area contributed by atoms with Crippen LogP contribution in [-0.4, -0.2) is 70.6 Å². The van der Waals surface area contributed by atoms with Crippen LogP contribution in [0.4, 0.5) is 5.69 Å². The van der Waals surface area contributed by atoms with E-state index in [9.17, 15) is 14.7 Å². The molecule has 0 radical (unpaired) electrons. The van der Waals surface area contributed by atoms with Crippen molar-refractivity contribution < 1.29 is 24.2 Å². The maximum Gasteiger partial charge on any atom is 0.255 e. The van der Waals surface area contributed by atoms with Crippen molar-refractivity contribution in [2.24, 2.45) is 5.92 Å². The molecule has 4 aromatic rings. The van der Waals surface area contributed by atoms with Gasteiger partial charge < -0.3 is 24.8 Å². The van der Waals surface area contributed by atoms with Crippen molar-refractivity contribution in [1.29, 1.82) is 0 Å². The number of anilines is 1. The molecule has 3 atom stereocenters. The van der Waals surface area contributed by atoms with Crippen LogP contribution in [0.1, 0.15) is 35.3 Å². The number of pyridine rings is 1. The van der Waals surface area contributed by atoms with Crippen LogP contribution in [0.15, 0.2) is 97.3 Å². The van der Waals surface area contributed by atoms with E-state index in [2.05, 4.69) is 41.3 Å². The van der Waals surface area contributed by atoms with E-state index in [0.29, 0.717) is 42.2 Å². The summed E-state index contributed by atoms with van der Waals surface area (Å²) in [5.41, 5.74) is 2.86. The van der Waals surface area contributed by atoms with Gasteiger partial charge in [0.1, 0.15) is 23.4 Å². The number of fused-ring (bicyclic) bond motifs is 1. The lowest BCUT2D eigenvalue weighted by Crippen LogP contribution is -2.47. The molecule has 0 fully saturated rings. The number of benzene rings is 3. The summed E-state index contributed by atoms with van der Waals surface area (Å²) < 4.78 is 12.6. The first-order valence-corrected chi connectivity index (χ1v) is 15.2. The molecule has 0 unspecified atom stereocenters. The molecule has 9 nitrogen and oxygen atoms in total. The second kappa shape index (κ2) is 14.8. The second-order valence-corrected chi connectivity index (χ2v) is 11.7. The molecule has 45 heavy (non-hydrogen) atoms. The number of aliphatic hydroxyl groups excluding tert-OH is 1. The Balaban J connectivity index is 1.32. The zero-order valence-corrected chi connectivity index (χ0v) is 25.9. The van der Waals surface area contributed by atoms with E-state index in [4.69, 9.17) is 9.47 Å². The summed E-state index contributed by atoms with van der Waals surface area (Å²) in [5.74, 6) is 1.78. The van der Waals surface area contributed by atoms with Crippen LogP contribution in [0, 0.1) is 5.92 Å². The van der Waals surface area contributed by atoms with E-state index in [1.54, 1.807) is 41.6 Å². The summed E-state index contributed by atoms with van der Waals surface area (Å²) in [6, 6.07) is 26.1. The number of rotatable bonds is 10. The van der Waals surface area contributed by atoms with Gasteiger partial charge in [-0.15, -0.1) is 0 Å². The molecule has 2 amide bonds. The van der Waals surface area contributed by atoms with Gasteiger partial charge in [0.25, 0.3) is 5.91 Å². The Bertz CT molecular complexity index is 1570. The number of aliphatic hydroxyl groups is 1. The lowest BCUT2D eigenvalue weighted by atomic mass is 10.0. The number of hydrogen-bond acceptors (Lipinski definition) is 7. The Kier molecular flexibility index (Phi) is 10.4. The van der Waals surface area contributed by atoms with Gasteiger partial charge in [-0.05, 0) is 74.1 Å². The molecule has 0 aliphatic carbocycles. The van der Waals surface area contributed by atoms with Gasteiger partial charge in [0.2, 0.25) is 5.91 Å². The molecule has 2 N–H and O–H groups in total. The molecule has 5 rings (SSSR count). The number of nitrogens with zero attached hydrogens (tertiary/aromatic N) is 3. The van der Waals surface area contributed by atoms with Crippen molar-refractivity contribution in [2.45, 2.75) is 39.0 Å². The highest BCUT2D eigenvalue weighted by Crippen LogP contribution is 2.30. The van der Waals surface area contributed by atoms with E-state index >= 15 is 0 Å². The molecule has 234 valence electrons. The fourth-order valence-electron chi connectivity index (χ4n) is 5.40. The lowest BCUT2D eigenvalue weighted by molar-refractivity contribution is -0.134. The van der Waals surface area contributed by atoms with E-state index in [1.807, 2.05) is 55.5 Å². The van der Waals surface area contributed by atoms with Crippen molar-refractivity contribution in [3.05, 3.63) is 114 Å². The van der Waals surface area contributed by atoms with E-state index in [0.717, 1.165) is 17.1 Å². The number of para-hydroxylation sites is 1. The van der Waals surface area contributed by atoms with E-state index in [-0.39, 0.29) is 42.9 Å². The molecule has 0 spiro atoms. The van der Waals surface area contributed by atoms with Crippen LogP contribution in [0.3, 0.4) is 0 Å². The standard InChI is InChI=1S/C36H40N4O5/c1-25-21-40(26(2)24-41)35(42)20-29-19-30(38-36(43)28-15-17-37-18-16-28)11-14-33(29)45-34(25)23-39(3)22-27-9-12-32(13-10-27)44-31-7-5-4-6-8-31/h4-19,25-26,34,41H,20-24H2,1-3H3,(H,38,43)/t25-,26+,34-/m1/s1. The Morgan fingerprint density at radius 2 is 1.78 bits per heavy atom. The normalized spacial score (nSPS) is 17.4. The quantitative estimate of drug-likeness (QED) is 0.248. The lowest BCUT2D eigenvalue weighted by Gasteiger charge is -2.34. The third-order valence-corrected chi connectivity index (χ3v) is 7.96. The number of hydrogen-bond donors (Lipinski definition) is 2. The third kappa shape index (κ3) is 8.47. The summed E-state index contributed by atoms with van der Waals surface area (Å²) in [6.07, 6.45) is 2.98. The van der Waals surface area contributed by atoms with Crippen LogP contribution in [0.2, 0.25) is 0 Å². The number of ether oxygens (including phenoxy) is 2. The highest BCUT2D eigenvalue weighted by atomic mass is 16.5. The predicted octanol–water partition coefficient (Wildman–Crippen LogP) is 5.41. The average molecular weight is 609 g/mol. The van der Waals surface area contributed by atoms with Crippen molar-refractivity contribution in [2.75, 3.05) is 32.1 Å². The van der Waals surface area contributed by atoms with E-state index in [1.165, 1.54) is 0 Å². The molecule has 3 aromatic carbocycles.